The standard InChI is InChI=1S/C9H5F3N4O2/c10-3-1-2-4(6(12)5(3)11)16-8(13)7(9(17)18)14-15-16/h1-2H,13H2,(H,17,18). The first-order valence-corrected chi connectivity index (χ1v) is 4.51. The van der Waals surface area contributed by atoms with Crippen molar-refractivity contribution in [3.05, 3.63) is 35.3 Å². The fraction of sp³-hybridized carbons (Fsp3) is 0. The van der Waals surface area contributed by atoms with Crippen molar-refractivity contribution < 1.29 is 23.1 Å². The Morgan fingerprint density at radius 3 is 2.50 bits per heavy atom. The van der Waals surface area contributed by atoms with E-state index in [-0.39, 0.29) is 0 Å². The predicted molar refractivity (Wildman–Crippen MR) is 52.6 cm³/mol. The molecule has 1 aromatic carbocycles. The summed E-state index contributed by atoms with van der Waals surface area (Å²) in [5, 5.41) is 15.1. The topological polar surface area (TPSA) is 94.0 Å². The van der Waals surface area contributed by atoms with E-state index in [2.05, 4.69) is 10.3 Å². The number of benzene rings is 1. The number of nitrogens with two attached hydrogens (primary N) is 1. The van der Waals surface area contributed by atoms with Gasteiger partial charge in [-0.15, -0.1) is 5.10 Å². The number of nitrogen functional groups attached to an aromatic ring is 1. The first-order chi connectivity index (χ1) is 8.43. The van der Waals surface area contributed by atoms with Crippen molar-refractivity contribution in [3.8, 4) is 5.69 Å². The zero-order valence-corrected chi connectivity index (χ0v) is 8.56. The van der Waals surface area contributed by atoms with Crippen molar-refractivity contribution in [1.82, 2.24) is 15.0 Å². The van der Waals surface area contributed by atoms with Crippen LogP contribution in [0.3, 0.4) is 0 Å². The summed E-state index contributed by atoms with van der Waals surface area (Å²) in [5.74, 6) is -6.59. The lowest BCUT2D eigenvalue weighted by Crippen LogP contribution is -2.08. The molecule has 94 valence electrons. The predicted octanol–water partition coefficient (Wildman–Crippen LogP) is 0.965. The lowest BCUT2D eigenvalue weighted by atomic mass is 10.3. The van der Waals surface area contributed by atoms with Crippen molar-refractivity contribution in [3.63, 3.8) is 0 Å². The van der Waals surface area contributed by atoms with Crippen LogP contribution >= 0.6 is 0 Å². The second-order valence-electron chi connectivity index (χ2n) is 3.23. The molecule has 0 aliphatic carbocycles. The maximum Gasteiger partial charge on any atom is 0.360 e. The third kappa shape index (κ3) is 1.65. The van der Waals surface area contributed by atoms with Gasteiger partial charge in [0, 0.05) is 0 Å². The third-order valence-electron chi connectivity index (χ3n) is 2.15. The summed E-state index contributed by atoms with van der Waals surface area (Å²) in [5.41, 5.74) is 4.22. The van der Waals surface area contributed by atoms with Crippen LogP contribution in [0, 0.1) is 17.5 Å². The van der Waals surface area contributed by atoms with E-state index >= 15 is 0 Å². The Balaban J connectivity index is 2.63. The van der Waals surface area contributed by atoms with Crippen LogP contribution in [0.25, 0.3) is 5.69 Å². The van der Waals surface area contributed by atoms with Gasteiger partial charge in [0.15, 0.2) is 23.3 Å². The van der Waals surface area contributed by atoms with E-state index in [9.17, 15) is 18.0 Å². The second-order valence-corrected chi connectivity index (χ2v) is 3.23. The summed E-state index contributed by atoms with van der Waals surface area (Å²) in [7, 11) is 0. The Morgan fingerprint density at radius 2 is 1.94 bits per heavy atom. The maximum absolute atomic E-state index is 13.4. The zero-order valence-electron chi connectivity index (χ0n) is 8.56. The van der Waals surface area contributed by atoms with Crippen molar-refractivity contribution in [2.24, 2.45) is 0 Å². The average molecular weight is 258 g/mol. The lowest BCUT2D eigenvalue weighted by molar-refractivity contribution is 0.0691. The highest BCUT2D eigenvalue weighted by Gasteiger charge is 2.21. The minimum atomic E-state index is -1.71. The van der Waals surface area contributed by atoms with Crippen LogP contribution in [0.1, 0.15) is 10.5 Å². The lowest BCUT2D eigenvalue weighted by Gasteiger charge is -2.05. The number of rotatable bonds is 2. The molecule has 0 aliphatic heterocycles. The molecule has 18 heavy (non-hydrogen) atoms. The molecule has 2 rings (SSSR count). The van der Waals surface area contributed by atoms with Gasteiger partial charge in [0.2, 0.25) is 5.69 Å². The summed E-state index contributed by atoms with van der Waals surface area (Å²) in [6, 6.07) is 1.53. The van der Waals surface area contributed by atoms with Crippen LogP contribution in [0.4, 0.5) is 19.0 Å². The molecule has 0 atom stereocenters. The van der Waals surface area contributed by atoms with Crippen LogP contribution in [0.2, 0.25) is 0 Å². The highest BCUT2D eigenvalue weighted by molar-refractivity contribution is 5.90. The minimum Gasteiger partial charge on any atom is -0.476 e. The number of carboxylic acid groups (broad SMARTS) is 1. The maximum atomic E-state index is 13.4. The number of carbonyl (C=O) groups is 1. The molecule has 1 heterocycles. The fourth-order valence-corrected chi connectivity index (χ4v) is 1.30. The summed E-state index contributed by atoms with van der Waals surface area (Å²) >= 11 is 0. The van der Waals surface area contributed by atoms with Gasteiger partial charge in [0.1, 0.15) is 5.69 Å². The first kappa shape index (κ1) is 11.9. The molecule has 0 saturated heterocycles. The Kier molecular flexibility index (Phi) is 2.66. The molecule has 3 N–H and O–H groups in total. The molecule has 0 unspecified atom stereocenters. The van der Waals surface area contributed by atoms with Gasteiger partial charge in [-0.3, -0.25) is 0 Å². The number of aromatic carboxylic acids is 1. The van der Waals surface area contributed by atoms with Gasteiger partial charge >= 0.3 is 5.97 Å². The molecule has 0 amide bonds. The van der Waals surface area contributed by atoms with Crippen LogP contribution in [-0.2, 0) is 0 Å². The van der Waals surface area contributed by atoms with Gasteiger partial charge in [0.25, 0.3) is 0 Å². The highest BCUT2D eigenvalue weighted by atomic mass is 19.2. The van der Waals surface area contributed by atoms with E-state index < -0.39 is 40.6 Å². The summed E-state index contributed by atoms with van der Waals surface area (Å²) in [6.45, 7) is 0. The van der Waals surface area contributed by atoms with E-state index in [1.807, 2.05) is 0 Å². The van der Waals surface area contributed by atoms with E-state index in [1.165, 1.54) is 0 Å². The molecule has 0 fully saturated rings. The molecule has 0 spiro atoms. The number of carboxylic acids is 1. The number of halogens is 3. The van der Waals surface area contributed by atoms with E-state index in [1.54, 1.807) is 0 Å². The van der Waals surface area contributed by atoms with Gasteiger partial charge in [0.05, 0.1) is 0 Å². The second kappa shape index (κ2) is 4.02. The zero-order chi connectivity index (χ0) is 13.4. The van der Waals surface area contributed by atoms with Gasteiger partial charge in [-0.25, -0.2) is 18.0 Å². The van der Waals surface area contributed by atoms with Crippen molar-refractivity contribution >= 4 is 11.8 Å². The van der Waals surface area contributed by atoms with Crippen LogP contribution in [0.5, 0.6) is 0 Å². The van der Waals surface area contributed by atoms with E-state index in [4.69, 9.17) is 10.8 Å². The van der Waals surface area contributed by atoms with Gasteiger partial charge < -0.3 is 10.8 Å². The molecule has 6 nitrogen and oxygen atoms in total. The number of nitrogens with zero attached hydrogens (tertiary/aromatic N) is 3. The number of hydrogen-bond donors (Lipinski definition) is 2. The van der Waals surface area contributed by atoms with Crippen LogP contribution in [-0.4, -0.2) is 26.1 Å². The molecule has 9 heteroatoms. The van der Waals surface area contributed by atoms with E-state index in [0.717, 1.165) is 6.07 Å². The van der Waals surface area contributed by atoms with Gasteiger partial charge in [-0.2, -0.15) is 4.68 Å². The smallest absolute Gasteiger partial charge is 0.360 e. The minimum absolute atomic E-state index is 0.493. The number of aromatic nitrogens is 3. The molecule has 2 aromatic rings. The van der Waals surface area contributed by atoms with Gasteiger partial charge in [-0.1, -0.05) is 5.21 Å². The summed E-state index contributed by atoms with van der Waals surface area (Å²) < 4.78 is 39.7. The Bertz CT molecular complexity index is 641. The first-order valence-electron chi connectivity index (χ1n) is 4.51. The van der Waals surface area contributed by atoms with Crippen LogP contribution in [0.15, 0.2) is 12.1 Å². The average Bonchev–Trinajstić information content (AvgIpc) is 2.69. The van der Waals surface area contributed by atoms with Crippen LogP contribution < -0.4 is 5.73 Å². The summed E-state index contributed by atoms with van der Waals surface area (Å²) in [6.07, 6.45) is 0. The molecular weight excluding hydrogens is 253 g/mol. The third-order valence-corrected chi connectivity index (χ3v) is 2.15. The van der Waals surface area contributed by atoms with Crippen molar-refractivity contribution in [2.45, 2.75) is 0 Å². The van der Waals surface area contributed by atoms with E-state index in [0.29, 0.717) is 10.7 Å². The Morgan fingerprint density at radius 1 is 1.28 bits per heavy atom. The SMILES string of the molecule is Nc1c(C(=O)O)nnn1-c1ccc(F)c(F)c1F. The van der Waals surface area contributed by atoms with Gasteiger partial charge in [-0.05, 0) is 12.1 Å². The Hall–Kier alpha value is -2.58. The molecule has 1 aromatic heterocycles. The largest absolute Gasteiger partial charge is 0.476 e. The fourth-order valence-electron chi connectivity index (χ4n) is 1.30. The molecule has 0 saturated carbocycles. The molecular formula is C9H5F3N4O2. The monoisotopic (exact) mass is 258 g/mol. The highest BCUT2D eigenvalue weighted by Crippen LogP contribution is 2.21. The van der Waals surface area contributed by atoms with Crippen molar-refractivity contribution in [1.29, 1.82) is 0 Å². The normalized spacial score (nSPS) is 10.6. The quantitative estimate of drug-likeness (QED) is 0.782. The number of anilines is 1. The Labute approximate surface area is 97.4 Å². The molecule has 0 bridgehead atoms. The van der Waals surface area contributed by atoms with Crippen molar-refractivity contribution in [2.75, 3.05) is 5.73 Å². The molecule has 0 radical (unpaired) electrons. The summed E-state index contributed by atoms with van der Waals surface area (Å²) in [4.78, 5) is 10.6. The molecule has 0 aliphatic rings. The number of hydrogen-bond acceptors (Lipinski definition) is 4.